The van der Waals surface area contributed by atoms with Gasteiger partial charge in [0.15, 0.2) is 0 Å². The quantitative estimate of drug-likeness (QED) is 0.465. The SMILES string of the molecule is CC.CC(=N)c1cc(C(=O)NCC(c2ccccc2)C2CCCC2)ccc1N. The summed E-state index contributed by atoms with van der Waals surface area (Å²) >= 11 is 0. The molecular formula is C24H33N3O. The number of hydrogen-bond donors (Lipinski definition) is 3. The number of nitrogen functional groups attached to an aromatic ring is 1. The smallest absolute Gasteiger partial charge is 0.251 e. The van der Waals surface area contributed by atoms with Crippen molar-refractivity contribution < 1.29 is 4.79 Å². The lowest BCUT2D eigenvalue weighted by Crippen LogP contribution is -2.31. The molecular weight excluding hydrogens is 346 g/mol. The van der Waals surface area contributed by atoms with E-state index < -0.39 is 0 Å². The maximum absolute atomic E-state index is 12.7. The van der Waals surface area contributed by atoms with Crippen LogP contribution in [0, 0.1) is 11.3 Å². The molecule has 150 valence electrons. The Morgan fingerprint density at radius 1 is 1.14 bits per heavy atom. The molecule has 1 aliphatic carbocycles. The predicted molar refractivity (Wildman–Crippen MR) is 118 cm³/mol. The van der Waals surface area contributed by atoms with Gasteiger partial charge in [0.1, 0.15) is 0 Å². The van der Waals surface area contributed by atoms with Crippen LogP contribution in [0.15, 0.2) is 48.5 Å². The molecule has 4 nitrogen and oxygen atoms in total. The van der Waals surface area contributed by atoms with E-state index in [1.54, 1.807) is 25.1 Å². The second-order valence-electron chi connectivity index (χ2n) is 7.20. The number of benzene rings is 2. The molecule has 28 heavy (non-hydrogen) atoms. The van der Waals surface area contributed by atoms with Gasteiger partial charge in [-0.3, -0.25) is 4.79 Å². The maximum Gasteiger partial charge on any atom is 0.251 e. The highest BCUT2D eigenvalue weighted by Gasteiger charge is 2.26. The first-order valence-electron chi connectivity index (χ1n) is 10.3. The summed E-state index contributed by atoms with van der Waals surface area (Å²) in [7, 11) is 0. The van der Waals surface area contributed by atoms with Gasteiger partial charge < -0.3 is 16.5 Å². The van der Waals surface area contributed by atoms with Gasteiger partial charge in [0, 0.05) is 35.0 Å². The molecule has 1 aliphatic rings. The van der Waals surface area contributed by atoms with Crippen molar-refractivity contribution in [1.29, 1.82) is 5.41 Å². The summed E-state index contributed by atoms with van der Waals surface area (Å²) in [6.07, 6.45) is 5.02. The molecule has 0 bridgehead atoms. The molecule has 2 aromatic carbocycles. The molecule has 0 heterocycles. The van der Waals surface area contributed by atoms with E-state index in [4.69, 9.17) is 11.1 Å². The standard InChI is InChI=1S/C22H27N3O.C2H6/c1-15(23)19-13-18(11-12-21(19)24)22(26)25-14-20(17-9-5-6-10-17)16-7-3-2-4-8-16;1-2/h2-4,7-8,11-13,17,20,23H,5-6,9-10,14,24H2,1H3,(H,25,26);1-2H3. The molecule has 1 unspecified atom stereocenters. The minimum absolute atomic E-state index is 0.105. The van der Waals surface area contributed by atoms with Crippen LogP contribution in [0.2, 0.25) is 0 Å². The first-order chi connectivity index (χ1) is 13.6. The van der Waals surface area contributed by atoms with Crippen LogP contribution in [0.3, 0.4) is 0 Å². The van der Waals surface area contributed by atoms with E-state index in [1.165, 1.54) is 31.2 Å². The van der Waals surface area contributed by atoms with Gasteiger partial charge in [-0.2, -0.15) is 0 Å². The molecule has 1 atom stereocenters. The second kappa shape index (κ2) is 10.6. The highest BCUT2D eigenvalue weighted by atomic mass is 16.1. The Morgan fingerprint density at radius 2 is 1.79 bits per heavy atom. The van der Waals surface area contributed by atoms with Crippen LogP contribution < -0.4 is 11.1 Å². The minimum Gasteiger partial charge on any atom is -0.398 e. The van der Waals surface area contributed by atoms with Crippen molar-refractivity contribution in [2.24, 2.45) is 5.92 Å². The van der Waals surface area contributed by atoms with Gasteiger partial charge in [-0.15, -0.1) is 0 Å². The molecule has 0 aliphatic heterocycles. The molecule has 1 saturated carbocycles. The summed E-state index contributed by atoms with van der Waals surface area (Å²) in [6, 6.07) is 15.6. The minimum atomic E-state index is -0.105. The normalized spacial score (nSPS) is 14.7. The molecule has 2 aromatic rings. The highest BCUT2D eigenvalue weighted by Crippen LogP contribution is 2.37. The number of rotatable bonds is 6. The van der Waals surface area contributed by atoms with Crippen LogP contribution in [0.5, 0.6) is 0 Å². The zero-order valence-corrected chi connectivity index (χ0v) is 17.3. The summed E-state index contributed by atoms with van der Waals surface area (Å²) in [5.41, 5.74) is 9.27. The number of carbonyl (C=O) groups is 1. The Bertz CT molecular complexity index is 780. The number of carbonyl (C=O) groups excluding carboxylic acids is 1. The van der Waals surface area contributed by atoms with Crippen LogP contribution in [-0.2, 0) is 0 Å². The zero-order chi connectivity index (χ0) is 20.5. The number of nitrogens with one attached hydrogen (secondary N) is 2. The van der Waals surface area contributed by atoms with Crippen molar-refractivity contribution in [1.82, 2.24) is 5.32 Å². The largest absolute Gasteiger partial charge is 0.398 e. The van der Waals surface area contributed by atoms with Gasteiger partial charge in [-0.25, -0.2) is 0 Å². The number of hydrogen-bond acceptors (Lipinski definition) is 3. The zero-order valence-electron chi connectivity index (χ0n) is 17.3. The second-order valence-corrected chi connectivity index (χ2v) is 7.20. The van der Waals surface area contributed by atoms with Gasteiger partial charge >= 0.3 is 0 Å². The topological polar surface area (TPSA) is 79.0 Å². The molecule has 0 saturated heterocycles. The van der Waals surface area contributed by atoms with Crippen molar-refractivity contribution >= 4 is 17.3 Å². The molecule has 1 amide bonds. The third-order valence-corrected chi connectivity index (χ3v) is 5.40. The summed E-state index contributed by atoms with van der Waals surface area (Å²) in [5, 5.41) is 10.9. The molecule has 0 aromatic heterocycles. The summed E-state index contributed by atoms with van der Waals surface area (Å²) < 4.78 is 0. The number of nitrogens with two attached hydrogens (primary N) is 1. The monoisotopic (exact) mass is 379 g/mol. The Balaban J connectivity index is 0.00000136. The van der Waals surface area contributed by atoms with E-state index in [9.17, 15) is 4.79 Å². The fraction of sp³-hybridized carbons (Fsp3) is 0.417. The van der Waals surface area contributed by atoms with Gasteiger partial charge in [-0.05, 0) is 49.4 Å². The van der Waals surface area contributed by atoms with Crippen molar-refractivity contribution in [2.75, 3.05) is 12.3 Å². The third-order valence-electron chi connectivity index (χ3n) is 5.40. The molecule has 4 heteroatoms. The van der Waals surface area contributed by atoms with Crippen LogP contribution >= 0.6 is 0 Å². The van der Waals surface area contributed by atoms with Gasteiger partial charge in [0.25, 0.3) is 5.91 Å². The van der Waals surface area contributed by atoms with Crippen molar-refractivity contribution in [3.63, 3.8) is 0 Å². The van der Waals surface area contributed by atoms with Crippen LogP contribution in [0.25, 0.3) is 0 Å². The summed E-state index contributed by atoms with van der Waals surface area (Å²) in [5.74, 6) is 0.871. The highest BCUT2D eigenvalue weighted by molar-refractivity contribution is 6.04. The first-order valence-corrected chi connectivity index (χ1v) is 10.3. The Hall–Kier alpha value is -2.62. The van der Waals surface area contributed by atoms with Gasteiger partial charge in [0.05, 0.1) is 0 Å². The first kappa shape index (κ1) is 21.7. The summed E-state index contributed by atoms with van der Waals surface area (Å²) in [6.45, 7) is 6.32. The van der Waals surface area contributed by atoms with Crippen molar-refractivity contribution in [2.45, 2.75) is 52.4 Å². The number of amides is 1. The average Bonchev–Trinajstić information content (AvgIpc) is 3.25. The van der Waals surface area contributed by atoms with Crippen molar-refractivity contribution in [3.8, 4) is 0 Å². The lowest BCUT2D eigenvalue weighted by Gasteiger charge is -2.24. The molecule has 4 N–H and O–H groups in total. The fourth-order valence-corrected chi connectivity index (χ4v) is 3.94. The molecule has 0 radical (unpaired) electrons. The molecule has 1 fully saturated rings. The maximum atomic E-state index is 12.7. The Kier molecular flexibility index (Phi) is 8.24. The van der Waals surface area contributed by atoms with E-state index in [0.29, 0.717) is 40.9 Å². The van der Waals surface area contributed by atoms with E-state index in [0.717, 1.165) is 0 Å². The van der Waals surface area contributed by atoms with Crippen molar-refractivity contribution in [3.05, 3.63) is 65.2 Å². The van der Waals surface area contributed by atoms with E-state index in [1.807, 2.05) is 19.9 Å². The number of anilines is 1. The van der Waals surface area contributed by atoms with E-state index in [-0.39, 0.29) is 5.91 Å². The van der Waals surface area contributed by atoms with E-state index >= 15 is 0 Å². The van der Waals surface area contributed by atoms with E-state index in [2.05, 4.69) is 29.6 Å². The molecule has 0 spiro atoms. The lowest BCUT2D eigenvalue weighted by atomic mass is 9.84. The molecule has 3 rings (SSSR count). The predicted octanol–water partition coefficient (Wildman–Crippen LogP) is 5.39. The Morgan fingerprint density at radius 3 is 2.39 bits per heavy atom. The van der Waals surface area contributed by atoms with Crippen LogP contribution in [0.4, 0.5) is 5.69 Å². The lowest BCUT2D eigenvalue weighted by molar-refractivity contribution is 0.0948. The van der Waals surface area contributed by atoms with Crippen LogP contribution in [-0.4, -0.2) is 18.2 Å². The fourth-order valence-electron chi connectivity index (χ4n) is 3.94. The van der Waals surface area contributed by atoms with Crippen LogP contribution in [0.1, 0.15) is 73.9 Å². The van der Waals surface area contributed by atoms with Gasteiger partial charge in [0.2, 0.25) is 0 Å². The third kappa shape index (κ3) is 5.44. The van der Waals surface area contributed by atoms with Gasteiger partial charge in [-0.1, -0.05) is 57.0 Å². The average molecular weight is 380 g/mol. The Labute approximate surface area is 169 Å². The summed E-state index contributed by atoms with van der Waals surface area (Å²) in [4.78, 5) is 12.7.